The Hall–Kier alpha value is -1.86. The molecule has 1 N–H and O–H groups in total. The molecule has 0 aromatic heterocycles. The van der Waals surface area contributed by atoms with Crippen LogP contribution in [0.25, 0.3) is 11.1 Å². The standard InChI is InChI=1S/C16H16F3NO2S/c1-11(2)20-23(21,22)15-8-6-12(7-9-15)13-4-3-5-14(10-13)16(17,18)19/h3-11,20H,1-2H3. The predicted octanol–water partition coefficient (Wildman–Crippen LogP) is 4.06. The van der Waals surface area contributed by atoms with Gasteiger partial charge in [-0.25, -0.2) is 13.1 Å². The molecule has 2 rings (SSSR count). The highest BCUT2D eigenvalue weighted by Gasteiger charge is 2.30. The molecule has 7 heteroatoms. The van der Waals surface area contributed by atoms with Crippen molar-refractivity contribution in [2.45, 2.75) is 31.0 Å². The maximum absolute atomic E-state index is 12.7. The van der Waals surface area contributed by atoms with E-state index in [4.69, 9.17) is 0 Å². The molecule has 0 saturated carbocycles. The van der Waals surface area contributed by atoms with Crippen molar-refractivity contribution >= 4 is 10.0 Å². The molecule has 0 heterocycles. The Labute approximate surface area is 133 Å². The van der Waals surface area contributed by atoms with Gasteiger partial charge in [-0.1, -0.05) is 24.3 Å². The summed E-state index contributed by atoms with van der Waals surface area (Å²) in [4.78, 5) is 0.0712. The number of hydrogen-bond donors (Lipinski definition) is 1. The van der Waals surface area contributed by atoms with Crippen LogP contribution in [-0.2, 0) is 16.2 Å². The smallest absolute Gasteiger partial charge is 0.209 e. The van der Waals surface area contributed by atoms with E-state index < -0.39 is 21.8 Å². The lowest BCUT2D eigenvalue weighted by molar-refractivity contribution is -0.137. The highest BCUT2D eigenvalue weighted by Crippen LogP contribution is 2.32. The summed E-state index contributed by atoms with van der Waals surface area (Å²) in [6.07, 6.45) is -4.42. The first kappa shape index (κ1) is 17.5. The molecule has 3 nitrogen and oxygen atoms in total. The first-order chi connectivity index (χ1) is 10.6. The summed E-state index contributed by atoms with van der Waals surface area (Å²) in [6.45, 7) is 3.41. The largest absolute Gasteiger partial charge is 0.416 e. The zero-order valence-corrected chi connectivity index (χ0v) is 13.4. The topological polar surface area (TPSA) is 46.2 Å². The van der Waals surface area contributed by atoms with E-state index in [-0.39, 0.29) is 10.9 Å². The molecule has 0 unspecified atom stereocenters. The molecule has 0 aliphatic heterocycles. The van der Waals surface area contributed by atoms with Crippen LogP contribution >= 0.6 is 0 Å². The Morgan fingerprint density at radius 2 is 1.57 bits per heavy atom. The van der Waals surface area contributed by atoms with Gasteiger partial charge in [0.2, 0.25) is 10.0 Å². The van der Waals surface area contributed by atoms with Crippen molar-refractivity contribution in [2.75, 3.05) is 0 Å². The van der Waals surface area contributed by atoms with Crippen LogP contribution in [0, 0.1) is 0 Å². The number of alkyl halides is 3. The Morgan fingerprint density at radius 1 is 0.957 bits per heavy atom. The molecule has 2 aromatic rings. The molecule has 0 atom stereocenters. The van der Waals surface area contributed by atoms with Gasteiger partial charge in [0.1, 0.15) is 0 Å². The molecular formula is C16H16F3NO2S. The third-order valence-corrected chi connectivity index (χ3v) is 4.75. The third kappa shape index (κ3) is 4.33. The second-order valence-electron chi connectivity index (χ2n) is 5.38. The Kier molecular flexibility index (Phi) is 4.81. The van der Waals surface area contributed by atoms with E-state index in [1.165, 1.54) is 30.3 Å². The van der Waals surface area contributed by atoms with Gasteiger partial charge in [0.25, 0.3) is 0 Å². The summed E-state index contributed by atoms with van der Waals surface area (Å²) in [5.41, 5.74) is 0.147. The van der Waals surface area contributed by atoms with Crippen molar-refractivity contribution in [3.05, 3.63) is 54.1 Å². The molecule has 0 bridgehead atoms. The lowest BCUT2D eigenvalue weighted by atomic mass is 10.0. The molecule has 0 fully saturated rings. The van der Waals surface area contributed by atoms with Crippen LogP contribution < -0.4 is 4.72 Å². The number of sulfonamides is 1. The van der Waals surface area contributed by atoms with Gasteiger partial charge in [-0.3, -0.25) is 0 Å². The SMILES string of the molecule is CC(C)NS(=O)(=O)c1ccc(-c2cccc(C(F)(F)F)c2)cc1. The average molecular weight is 343 g/mol. The van der Waals surface area contributed by atoms with Gasteiger partial charge in [0, 0.05) is 6.04 Å². The van der Waals surface area contributed by atoms with Crippen LogP contribution in [0.2, 0.25) is 0 Å². The fraction of sp³-hybridized carbons (Fsp3) is 0.250. The summed E-state index contributed by atoms with van der Waals surface area (Å²) < 4.78 is 64.7. The first-order valence-electron chi connectivity index (χ1n) is 6.89. The number of rotatable bonds is 4. The highest BCUT2D eigenvalue weighted by atomic mass is 32.2. The van der Waals surface area contributed by atoms with Crippen molar-refractivity contribution < 1.29 is 21.6 Å². The first-order valence-corrected chi connectivity index (χ1v) is 8.38. The van der Waals surface area contributed by atoms with Crippen molar-refractivity contribution in [2.24, 2.45) is 0 Å². The fourth-order valence-electron chi connectivity index (χ4n) is 2.08. The second kappa shape index (κ2) is 6.33. The quantitative estimate of drug-likeness (QED) is 0.910. The van der Waals surface area contributed by atoms with Crippen LogP contribution in [0.5, 0.6) is 0 Å². The van der Waals surface area contributed by atoms with Crippen LogP contribution in [0.3, 0.4) is 0 Å². The summed E-state index contributed by atoms with van der Waals surface area (Å²) in [6, 6.07) is 10.4. The van der Waals surface area contributed by atoms with Crippen molar-refractivity contribution in [3.8, 4) is 11.1 Å². The summed E-state index contributed by atoms with van der Waals surface area (Å²) >= 11 is 0. The van der Waals surface area contributed by atoms with Crippen molar-refractivity contribution in [1.29, 1.82) is 0 Å². The number of nitrogens with one attached hydrogen (secondary N) is 1. The summed E-state index contributed by atoms with van der Waals surface area (Å²) in [5, 5.41) is 0. The Balaban J connectivity index is 2.34. The minimum Gasteiger partial charge on any atom is -0.209 e. The van der Waals surface area contributed by atoms with E-state index in [0.717, 1.165) is 12.1 Å². The molecule has 0 aliphatic carbocycles. The average Bonchev–Trinajstić information content (AvgIpc) is 2.45. The predicted molar refractivity (Wildman–Crippen MR) is 82.3 cm³/mol. The molecule has 0 saturated heterocycles. The van der Waals surface area contributed by atoms with E-state index in [1.807, 2.05) is 0 Å². The monoisotopic (exact) mass is 343 g/mol. The molecular weight excluding hydrogens is 327 g/mol. The van der Waals surface area contributed by atoms with Gasteiger partial charge >= 0.3 is 6.18 Å². The van der Waals surface area contributed by atoms with E-state index in [2.05, 4.69) is 4.72 Å². The van der Waals surface area contributed by atoms with E-state index in [1.54, 1.807) is 19.9 Å². The lowest BCUT2D eigenvalue weighted by Gasteiger charge is -2.11. The van der Waals surface area contributed by atoms with E-state index in [9.17, 15) is 21.6 Å². The molecule has 124 valence electrons. The van der Waals surface area contributed by atoms with Crippen molar-refractivity contribution in [3.63, 3.8) is 0 Å². The third-order valence-electron chi connectivity index (χ3n) is 3.08. The molecule has 0 spiro atoms. The molecule has 2 aromatic carbocycles. The van der Waals surface area contributed by atoms with Gasteiger partial charge in [-0.15, -0.1) is 0 Å². The Bertz CT molecular complexity index is 782. The fourth-order valence-corrected chi connectivity index (χ4v) is 3.33. The summed E-state index contributed by atoms with van der Waals surface area (Å²) in [7, 11) is -3.62. The van der Waals surface area contributed by atoms with Crippen molar-refractivity contribution in [1.82, 2.24) is 4.72 Å². The van der Waals surface area contributed by atoms with Gasteiger partial charge in [-0.2, -0.15) is 13.2 Å². The van der Waals surface area contributed by atoms with Gasteiger partial charge in [0.15, 0.2) is 0 Å². The van der Waals surface area contributed by atoms with Gasteiger partial charge < -0.3 is 0 Å². The van der Waals surface area contributed by atoms with E-state index in [0.29, 0.717) is 11.1 Å². The maximum Gasteiger partial charge on any atom is 0.416 e. The normalized spacial score (nSPS) is 12.6. The number of benzene rings is 2. The molecule has 0 radical (unpaired) electrons. The highest BCUT2D eigenvalue weighted by molar-refractivity contribution is 7.89. The molecule has 23 heavy (non-hydrogen) atoms. The van der Waals surface area contributed by atoms with E-state index >= 15 is 0 Å². The molecule has 0 aliphatic rings. The maximum atomic E-state index is 12.7. The van der Waals surface area contributed by atoms with Crippen LogP contribution in [0.15, 0.2) is 53.4 Å². The summed E-state index contributed by atoms with van der Waals surface area (Å²) in [5.74, 6) is 0. The van der Waals surface area contributed by atoms with Gasteiger partial charge in [0.05, 0.1) is 10.5 Å². The lowest BCUT2D eigenvalue weighted by Crippen LogP contribution is -2.30. The van der Waals surface area contributed by atoms with Crippen LogP contribution in [-0.4, -0.2) is 14.5 Å². The zero-order chi connectivity index (χ0) is 17.3. The van der Waals surface area contributed by atoms with Gasteiger partial charge in [-0.05, 0) is 49.2 Å². The minimum absolute atomic E-state index is 0.0712. The minimum atomic E-state index is -4.42. The zero-order valence-electron chi connectivity index (χ0n) is 12.6. The second-order valence-corrected chi connectivity index (χ2v) is 7.09. The molecule has 0 amide bonds. The van der Waals surface area contributed by atoms with Crippen LogP contribution in [0.4, 0.5) is 13.2 Å². The number of halogens is 3. The number of hydrogen-bond acceptors (Lipinski definition) is 2. The van der Waals surface area contributed by atoms with Crippen LogP contribution in [0.1, 0.15) is 19.4 Å². The Morgan fingerprint density at radius 3 is 2.09 bits per heavy atom.